The molecule has 3 fully saturated rings. The standard InChI is InChI=1S/C26H36BFN4O4/c1-25(2)26(3,4)36-27(35-25)19-16-29-31(17-19)21-7-5-20(6-8-21)30-13-11-18(12-14-30)23-10-9-22(32(33)34)15-24(23)28/h9-10,15-18,20-21H,5-8,11-14H2,1-4H3. The number of nitrogens with zero attached hydrogens (tertiary/aromatic N) is 4. The number of piperidine rings is 1. The van der Waals surface area contributed by atoms with Gasteiger partial charge in [-0.3, -0.25) is 14.8 Å². The largest absolute Gasteiger partial charge is 0.498 e. The Labute approximate surface area is 212 Å². The van der Waals surface area contributed by atoms with E-state index in [1.54, 1.807) is 6.07 Å². The van der Waals surface area contributed by atoms with Crippen molar-refractivity contribution < 1.29 is 18.6 Å². The number of hydrogen-bond donors (Lipinski definition) is 0. The minimum Gasteiger partial charge on any atom is -0.399 e. The number of aromatic nitrogens is 2. The summed E-state index contributed by atoms with van der Waals surface area (Å²) in [4.78, 5) is 12.9. The average Bonchev–Trinajstić information content (AvgIpc) is 3.41. The van der Waals surface area contributed by atoms with Gasteiger partial charge in [0.15, 0.2) is 0 Å². The van der Waals surface area contributed by atoms with Crippen LogP contribution in [-0.4, -0.2) is 57.1 Å². The summed E-state index contributed by atoms with van der Waals surface area (Å²) in [7, 11) is -0.387. The molecule has 1 aromatic carbocycles. The summed E-state index contributed by atoms with van der Waals surface area (Å²) in [5, 5.41) is 15.5. The fraction of sp³-hybridized carbons (Fsp3) is 0.654. The highest BCUT2D eigenvalue weighted by Gasteiger charge is 2.52. The first-order chi connectivity index (χ1) is 17.0. The molecule has 3 aliphatic rings. The summed E-state index contributed by atoms with van der Waals surface area (Å²) < 4.78 is 28.9. The summed E-state index contributed by atoms with van der Waals surface area (Å²) in [6.45, 7) is 10.1. The lowest BCUT2D eigenvalue weighted by molar-refractivity contribution is -0.385. The monoisotopic (exact) mass is 498 g/mol. The SMILES string of the molecule is CC1(C)OB(c2cnn(C3CCC(N4CCC(c5ccc([N+](=O)[O-])cc5F)CC4)CC3)c2)OC1(C)C. The van der Waals surface area contributed by atoms with Gasteiger partial charge >= 0.3 is 7.12 Å². The van der Waals surface area contributed by atoms with Crippen molar-refractivity contribution in [1.29, 1.82) is 0 Å². The summed E-state index contributed by atoms with van der Waals surface area (Å²) in [5.74, 6) is -0.335. The Bertz CT molecular complexity index is 1090. The molecule has 1 aromatic heterocycles. The molecule has 2 aromatic rings. The van der Waals surface area contributed by atoms with E-state index in [9.17, 15) is 14.5 Å². The van der Waals surface area contributed by atoms with Crippen molar-refractivity contribution in [2.75, 3.05) is 13.1 Å². The molecule has 3 heterocycles. The van der Waals surface area contributed by atoms with Gasteiger partial charge in [-0.05, 0) is 96.9 Å². The zero-order valence-electron chi connectivity index (χ0n) is 21.7. The van der Waals surface area contributed by atoms with E-state index in [2.05, 4.69) is 48.6 Å². The molecule has 0 bridgehead atoms. The zero-order valence-corrected chi connectivity index (χ0v) is 21.7. The van der Waals surface area contributed by atoms with Gasteiger partial charge in [0.2, 0.25) is 0 Å². The lowest BCUT2D eigenvalue weighted by Gasteiger charge is -2.41. The first kappa shape index (κ1) is 25.4. The van der Waals surface area contributed by atoms with Gasteiger partial charge in [0.1, 0.15) is 5.82 Å². The number of hydrogen-bond acceptors (Lipinski definition) is 6. The van der Waals surface area contributed by atoms with Crippen LogP contribution in [0.4, 0.5) is 10.1 Å². The molecule has 0 radical (unpaired) electrons. The Morgan fingerprint density at radius 2 is 1.64 bits per heavy atom. The van der Waals surface area contributed by atoms with Crippen molar-refractivity contribution >= 4 is 18.3 Å². The van der Waals surface area contributed by atoms with Crippen LogP contribution in [0, 0.1) is 15.9 Å². The van der Waals surface area contributed by atoms with Crippen LogP contribution >= 0.6 is 0 Å². The fourth-order valence-electron chi connectivity index (χ4n) is 5.88. The molecule has 0 atom stereocenters. The van der Waals surface area contributed by atoms with E-state index in [4.69, 9.17) is 9.31 Å². The van der Waals surface area contributed by atoms with E-state index >= 15 is 0 Å². The van der Waals surface area contributed by atoms with E-state index in [1.165, 1.54) is 6.07 Å². The van der Waals surface area contributed by atoms with Crippen LogP contribution in [0.5, 0.6) is 0 Å². The molecule has 194 valence electrons. The predicted molar refractivity (Wildman–Crippen MR) is 136 cm³/mol. The average molecular weight is 498 g/mol. The summed E-state index contributed by atoms with van der Waals surface area (Å²) in [6, 6.07) is 4.99. The molecule has 5 rings (SSSR count). The Morgan fingerprint density at radius 1 is 1.03 bits per heavy atom. The van der Waals surface area contributed by atoms with E-state index in [0.717, 1.165) is 63.1 Å². The van der Waals surface area contributed by atoms with Gasteiger partial charge in [0.05, 0.1) is 28.2 Å². The number of benzene rings is 1. The van der Waals surface area contributed by atoms with Gasteiger partial charge in [-0.15, -0.1) is 0 Å². The maximum Gasteiger partial charge on any atom is 0.498 e. The van der Waals surface area contributed by atoms with E-state index < -0.39 is 10.7 Å². The topological polar surface area (TPSA) is 82.7 Å². The van der Waals surface area contributed by atoms with Gasteiger partial charge in [-0.25, -0.2) is 4.39 Å². The molecule has 2 aliphatic heterocycles. The third kappa shape index (κ3) is 4.83. The number of nitro groups is 1. The number of nitro benzene ring substituents is 1. The van der Waals surface area contributed by atoms with E-state index in [0.29, 0.717) is 17.6 Å². The van der Waals surface area contributed by atoms with Gasteiger partial charge in [0.25, 0.3) is 5.69 Å². The molecule has 0 N–H and O–H groups in total. The second-order valence-electron chi connectivity index (χ2n) is 11.6. The zero-order chi connectivity index (χ0) is 25.7. The maximum absolute atomic E-state index is 14.5. The molecule has 1 saturated carbocycles. The fourth-order valence-corrected chi connectivity index (χ4v) is 5.88. The quantitative estimate of drug-likeness (QED) is 0.341. The molecule has 2 saturated heterocycles. The molecular weight excluding hydrogens is 462 g/mol. The van der Waals surface area contributed by atoms with Crippen LogP contribution < -0.4 is 5.46 Å². The number of non-ortho nitro benzene ring substituents is 1. The number of likely N-dealkylation sites (tertiary alicyclic amines) is 1. The summed E-state index contributed by atoms with van der Waals surface area (Å²) in [5.41, 5.74) is 0.660. The van der Waals surface area contributed by atoms with Crippen molar-refractivity contribution in [1.82, 2.24) is 14.7 Å². The number of halogens is 1. The van der Waals surface area contributed by atoms with Gasteiger partial charge in [0, 0.05) is 30.0 Å². The molecule has 0 unspecified atom stereocenters. The molecular formula is C26H36BFN4O4. The van der Waals surface area contributed by atoms with Crippen LogP contribution in [0.2, 0.25) is 0 Å². The third-order valence-corrected chi connectivity index (χ3v) is 8.87. The van der Waals surface area contributed by atoms with Crippen LogP contribution in [0.25, 0.3) is 0 Å². The molecule has 36 heavy (non-hydrogen) atoms. The van der Waals surface area contributed by atoms with Crippen LogP contribution in [-0.2, 0) is 9.31 Å². The molecule has 8 nitrogen and oxygen atoms in total. The Morgan fingerprint density at radius 3 is 2.22 bits per heavy atom. The van der Waals surface area contributed by atoms with Crippen LogP contribution in [0.15, 0.2) is 30.6 Å². The lowest BCUT2D eigenvalue weighted by atomic mass is 9.81. The first-order valence-corrected chi connectivity index (χ1v) is 13.1. The lowest BCUT2D eigenvalue weighted by Crippen LogP contribution is -2.43. The second-order valence-corrected chi connectivity index (χ2v) is 11.6. The molecule has 0 amide bonds. The summed E-state index contributed by atoms with van der Waals surface area (Å²) >= 11 is 0. The normalized spacial score (nSPS) is 26.9. The highest BCUT2D eigenvalue weighted by atomic mass is 19.1. The number of rotatable bonds is 5. The van der Waals surface area contributed by atoms with Gasteiger partial charge < -0.3 is 14.2 Å². The van der Waals surface area contributed by atoms with Crippen LogP contribution in [0.3, 0.4) is 0 Å². The van der Waals surface area contributed by atoms with Crippen molar-refractivity contribution in [2.24, 2.45) is 0 Å². The van der Waals surface area contributed by atoms with Crippen molar-refractivity contribution in [3.05, 3.63) is 52.1 Å². The summed E-state index contributed by atoms with van der Waals surface area (Å²) in [6.07, 6.45) is 10.1. The minimum atomic E-state index is -0.548. The van der Waals surface area contributed by atoms with Gasteiger partial charge in [-0.1, -0.05) is 0 Å². The molecule has 10 heteroatoms. The highest BCUT2D eigenvalue weighted by Crippen LogP contribution is 2.38. The third-order valence-electron chi connectivity index (χ3n) is 8.87. The van der Waals surface area contributed by atoms with Crippen LogP contribution in [0.1, 0.15) is 83.7 Å². The van der Waals surface area contributed by atoms with E-state index in [-0.39, 0.29) is 29.9 Å². The van der Waals surface area contributed by atoms with Gasteiger partial charge in [-0.2, -0.15) is 5.10 Å². The molecule has 1 aliphatic carbocycles. The van der Waals surface area contributed by atoms with Crippen molar-refractivity contribution in [2.45, 2.75) is 95.4 Å². The van der Waals surface area contributed by atoms with Crippen molar-refractivity contribution in [3.63, 3.8) is 0 Å². The maximum atomic E-state index is 14.5. The minimum absolute atomic E-state index is 0.121. The van der Waals surface area contributed by atoms with Crippen molar-refractivity contribution in [3.8, 4) is 0 Å². The van der Waals surface area contributed by atoms with E-state index in [1.807, 2.05) is 6.20 Å². The Hall–Kier alpha value is -2.30. The second kappa shape index (κ2) is 9.54. The smallest absolute Gasteiger partial charge is 0.399 e. The predicted octanol–water partition coefficient (Wildman–Crippen LogP) is 4.59. The molecule has 0 spiro atoms. The first-order valence-electron chi connectivity index (χ1n) is 13.1. The Balaban J connectivity index is 1.12. The Kier molecular flexibility index (Phi) is 6.72. The highest BCUT2D eigenvalue weighted by molar-refractivity contribution is 6.62.